The molecule has 8 heteroatoms. The van der Waals surface area contributed by atoms with Crippen molar-refractivity contribution in [3.05, 3.63) is 29.8 Å². The highest BCUT2D eigenvalue weighted by molar-refractivity contribution is 6.30. The molecule has 0 unspecified atom stereocenters. The Labute approximate surface area is 115 Å². The molecule has 7 nitrogen and oxygen atoms in total. The third-order valence-electron chi connectivity index (χ3n) is 2.25. The van der Waals surface area contributed by atoms with Crippen molar-refractivity contribution >= 4 is 23.2 Å². The topological polar surface area (TPSA) is 74.0 Å². The maximum Gasteiger partial charge on any atom is 0.246 e. The van der Waals surface area contributed by atoms with Crippen molar-refractivity contribution in [1.29, 1.82) is 0 Å². The first-order chi connectivity index (χ1) is 9.17. The lowest BCUT2D eigenvalue weighted by Gasteiger charge is -2.02. The van der Waals surface area contributed by atoms with Crippen LogP contribution >= 0.6 is 11.6 Å². The number of halogens is 1. The van der Waals surface area contributed by atoms with Crippen molar-refractivity contribution in [3.63, 3.8) is 0 Å². The Morgan fingerprint density at radius 2 is 2.16 bits per heavy atom. The Kier molecular flexibility index (Phi) is 4.53. The van der Waals surface area contributed by atoms with E-state index >= 15 is 0 Å². The summed E-state index contributed by atoms with van der Waals surface area (Å²) in [6, 6.07) is 0. The second-order valence-electron chi connectivity index (χ2n) is 3.79. The molecule has 19 heavy (non-hydrogen) atoms. The van der Waals surface area contributed by atoms with Crippen LogP contribution in [0.25, 0.3) is 0 Å². The number of carbonyl (C=O) groups excluding carboxylic acids is 1. The average molecular weight is 284 g/mol. The molecule has 0 radical (unpaired) electrons. The van der Waals surface area contributed by atoms with Crippen LogP contribution in [0.3, 0.4) is 0 Å². The van der Waals surface area contributed by atoms with Gasteiger partial charge < -0.3 is 10.1 Å². The molecule has 2 aromatic rings. The van der Waals surface area contributed by atoms with Gasteiger partial charge in [-0.2, -0.15) is 10.2 Å². The zero-order valence-corrected chi connectivity index (χ0v) is 11.2. The molecule has 0 saturated heterocycles. The standard InChI is InChI=1S/C11H14ClN5O2/c1-2-19-8-17-6-10(4-14-17)15-11(18)7-16-5-9(12)3-13-16/h3-6H,2,7-8H2,1H3,(H,15,18). The van der Waals surface area contributed by atoms with Crippen LogP contribution in [0.1, 0.15) is 6.92 Å². The molecule has 1 amide bonds. The highest BCUT2D eigenvalue weighted by atomic mass is 35.5. The van der Waals surface area contributed by atoms with E-state index < -0.39 is 0 Å². The average Bonchev–Trinajstić information content (AvgIpc) is 2.96. The predicted octanol–water partition coefficient (Wildman–Crippen LogP) is 1.37. The summed E-state index contributed by atoms with van der Waals surface area (Å²) in [5.41, 5.74) is 0.614. The number of hydrogen-bond donors (Lipinski definition) is 1. The molecule has 2 rings (SSSR count). The zero-order valence-electron chi connectivity index (χ0n) is 10.4. The summed E-state index contributed by atoms with van der Waals surface area (Å²) >= 11 is 5.71. The van der Waals surface area contributed by atoms with Crippen molar-refractivity contribution in [3.8, 4) is 0 Å². The van der Waals surface area contributed by atoms with E-state index in [0.717, 1.165) is 0 Å². The van der Waals surface area contributed by atoms with Gasteiger partial charge in [0, 0.05) is 12.8 Å². The Bertz CT molecular complexity index is 551. The normalized spacial score (nSPS) is 10.6. The fourth-order valence-corrected chi connectivity index (χ4v) is 1.61. The Balaban J connectivity index is 1.86. The highest BCUT2D eigenvalue weighted by Crippen LogP contribution is 2.07. The van der Waals surface area contributed by atoms with Crippen molar-refractivity contribution in [1.82, 2.24) is 19.6 Å². The van der Waals surface area contributed by atoms with Crippen molar-refractivity contribution in [2.24, 2.45) is 0 Å². The molecule has 2 aromatic heterocycles. The van der Waals surface area contributed by atoms with E-state index in [9.17, 15) is 4.79 Å². The van der Waals surface area contributed by atoms with E-state index in [1.54, 1.807) is 23.3 Å². The fraction of sp³-hybridized carbons (Fsp3) is 0.364. The van der Waals surface area contributed by atoms with Crippen LogP contribution in [-0.2, 0) is 22.8 Å². The van der Waals surface area contributed by atoms with Gasteiger partial charge in [0.15, 0.2) is 0 Å². The van der Waals surface area contributed by atoms with Crippen LogP contribution in [-0.4, -0.2) is 32.1 Å². The van der Waals surface area contributed by atoms with Gasteiger partial charge in [-0.15, -0.1) is 0 Å². The quantitative estimate of drug-likeness (QED) is 0.869. The molecular formula is C11H14ClN5O2. The number of anilines is 1. The molecular weight excluding hydrogens is 270 g/mol. The van der Waals surface area contributed by atoms with E-state index in [2.05, 4.69) is 15.5 Å². The molecule has 0 saturated carbocycles. The summed E-state index contributed by atoms with van der Waals surface area (Å²) in [6.45, 7) is 2.98. The summed E-state index contributed by atoms with van der Waals surface area (Å²) < 4.78 is 8.26. The van der Waals surface area contributed by atoms with Gasteiger partial charge in [0.25, 0.3) is 0 Å². The maximum absolute atomic E-state index is 11.7. The van der Waals surface area contributed by atoms with Gasteiger partial charge in [-0.3, -0.25) is 9.48 Å². The monoisotopic (exact) mass is 283 g/mol. The van der Waals surface area contributed by atoms with Crippen molar-refractivity contribution in [2.45, 2.75) is 20.2 Å². The Morgan fingerprint density at radius 3 is 2.84 bits per heavy atom. The lowest BCUT2D eigenvalue weighted by Crippen LogP contribution is -2.18. The number of aromatic nitrogens is 4. The molecule has 0 aliphatic heterocycles. The number of ether oxygens (including phenoxy) is 1. The smallest absolute Gasteiger partial charge is 0.246 e. The third-order valence-corrected chi connectivity index (χ3v) is 2.45. The maximum atomic E-state index is 11.7. The molecule has 0 aliphatic carbocycles. The minimum atomic E-state index is -0.198. The van der Waals surface area contributed by atoms with Crippen LogP contribution < -0.4 is 5.32 Å². The summed E-state index contributed by atoms with van der Waals surface area (Å²) in [4.78, 5) is 11.7. The molecule has 2 heterocycles. The van der Waals surface area contributed by atoms with Gasteiger partial charge in [-0.05, 0) is 6.92 Å². The van der Waals surface area contributed by atoms with E-state index in [4.69, 9.17) is 16.3 Å². The second kappa shape index (κ2) is 6.35. The second-order valence-corrected chi connectivity index (χ2v) is 4.23. The summed E-state index contributed by atoms with van der Waals surface area (Å²) in [6.07, 6.45) is 6.32. The Morgan fingerprint density at radius 1 is 1.37 bits per heavy atom. The first-order valence-corrected chi connectivity index (χ1v) is 6.13. The molecule has 0 spiro atoms. The highest BCUT2D eigenvalue weighted by Gasteiger charge is 2.06. The Hall–Kier alpha value is -1.86. The van der Waals surface area contributed by atoms with E-state index in [1.165, 1.54) is 10.9 Å². The lowest BCUT2D eigenvalue weighted by molar-refractivity contribution is -0.116. The molecule has 1 N–H and O–H groups in total. The van der Waals surface area contributed by atoms with Gasteiger partial charge in [0.1, 0.15) is 13.3 Å². The van der Waals surface area contributed by atoms with Gasteiger partial charge in [-0.25, -0.2) is 4.68 Å². The number of nitrogens with zero attached hydrogens (tertiary/aromatic N) is 4. The van der Waals surface area contributed by atoms with Crippen LogP contribution in [0, 0.1) is 0 Å². The van der Waals surface area contributed by atoms with E-state index in [0.29, 0.717) is 24.0 Å². The van der Waals surface area contributed by atoms with Gasteiger partial charge in [0.05, 0.1) is 29.3 Å². The number of amides is 1. The predicted molar refractivity (Wildman–Crippen MR) is 69.7 cm³/mol. The van der Waals surface area contributed by atoms with Gasteiger partial charge >= 0.3 is 0 Å². The fourth-order valence-electron chi connectivity index (χ4n) is 1.46. The minimum absolute atomic E-state index is 0.101. The first kappa shape index (κ1) is 13.6. The van der Waals surface area contributed by atoms with Crippen molar-refractivity contribution in [2.75, 3.05) is 11.9 Å². The van der Waals surface area contributed by atoms with Gasteiger partial charge in [-0.1, -0.05) is 11.6 Å². The first-order valence-electron chi connectivity index (χ1n) is 5.75. The minimum Gasteiger partial charge on any atom is -0.360 e. The molecule has 0 bridgehead atoms. The SMILES string of the molecule is CCOCn1cc(NC(=O)Cn2cc(Cl)cn2)cn1. The summed E-state index contributed by atoms with van der Waals surface area (Å²) in [5, 5.41) is 11.2. The van der Waals surface area contributed by atoms with Crippen molar-refractivity contribution < 1.29 is 9.53 Å². The summed E-state index contributed by atoms with van der Waals surface area (Å²) in [5.74, 6) is -0.198. The lowest BCUT2D eigenvalue weighted by atomic mass is 10.5. The van der Waals surface area contributed by atoms with Gasteiger partial charge in [0.2, 0.25) is 5.91 Å². The number of carbonyl (C=O) groups is 1. The van der Waals surface area contributed by atoms with E-state index in [-0.39, 0.29) is 12.5 Å². The van der Waals surface area contributed by atoms with E-state index in [1.807, 2.05) is 6.92 Å². The molecule has 0 aromatic carbocycles. The number of hydrogen-bond acceptors (Lipinski definition) is 4. The van der Waals surface area contributed by atoms with Crippen LogP contribution in [0.2, 0.25) is 5.02 Å². The molecule has 0 fully saturated rings. The van der Waals surface area contributed by atoms with Crippen LogP contribution in [0.15, 0.2) is 24.8 Å². The molecule has 102 valence electrons. The van der Waals surface area contributed by atoms with Crippen LogP contribution in [0.4, 0.5) is 5.69 Å². The molecule has 0 atom stereocenters. The summed E-state index contributed by atoms with van der Waals surface area (Å²) in [7, 11) is 0. The number of rotatable bonds is 6. The van der Waals surface area contributed by atoms with Crippen LogP contribution in [0.5, 0.6) is 0 Å². The zero-order chi connectivity index (χ0) is 13.7. The largest absolute Gasteiger partial charge is 0.360 e. The number of nitrogens with one attached hydrogen (secondary N) is 1. The molecule has 0 aliphatic rings. The third kappa shape index (κ3) is 4.08.